The first-order valence-electron chi connectivity index (χ1n) is 9.60. The van der Waals surface area contributed by atoms with Crippen molar-refractivity contribution in [3.63, 3.8) is 0 Å². The second-order valence-corrected chi connectivity index (χ2v) is 8.73. The van der Waals surface area contributed by atoms with Crippen molar-refractivity contribution >= 4 is 38.8 Å². The molecule has 0 aliphatic heterocycles. The van der Waals surface area contributed by atoms with Gasteiger partial charge in [-0.15, -0.1) is 0 Å². The van der Waals surface area contributed by atoms with Gasteiger partial charge in [-0.2, -0.15) is 5.10 Å². The third-order valence-corrected chi connectivity index (χ3v) is 5.31. The predicted octanol–water partition coefficient (Wildman–Crippen LogP) is 5.44. The average molecular weight is 469 g/mol. The van der Waals surface area contributed by atoms with Crippen molar-refractivity contribution in [3.8, 4) is 11.5 Å². The van der Waals surface area contributed by atoms with Gasteiger partial charge >= 0.3 is 0 Å². The fourth-order valence-electron chi connectivity index (χ4n) is 3.02. The summed E-state index contributed by atoms with van der Waals surface area (Å²) in [6, 6.07) is 17.6. The Morgan fingerprint density at radius 2 is 1.77 bits per heavy atom. The molecule has 3 rings (SSSR count). The van der Waals surface area contributed by atoms with Gasteiger partial charge in [0.2, 0.25) is 0 Å². The van der Waals surface area contributed by atoms with Gasteiger partial charge in [0.25, 0.3) is 5.91 Å². The van der Waals surface area contributed by atoms with Gasteiger partial charge in [0.1, 0.15) is 11.5 Å². The summed E-state index contributed by atoms with van der Waals surface area (Å²) in [5.74, 6) is 1.07. The fraction of sp³-hybridized carbons (Fsp3) is 0.250. The fourth-order valence-corrected chi connectivity index (χ4v) is 3.51. The highest BCUT2D eigenvalue weighted by Gasteiger charge is 2.15. The van der Waals surface area contributed by atoms with Crippen molar-refractivity contribution in [1.29, 1.82) is 0 Å². The van der Waals surface area contributed by atoms with E-state index in [1.165, 1.54) is 5.56 Å². The van der Waals surface area contributed by atoms with Crippen molar-refractivity contribution < 1.29 is 14.3 Å². The summed E-state index contributed by atoms with van der Waals surface area (Å²) in [5, 5.41) is 6.05. The zero-order valence-electron chi connectivity index (χ0n) is 17.5. The molecule has 0 aliphatic carbocycles. The van der Waals surface area contributed by atoms with Crippen molar-refractivity contribution in [2.75, 3.05) is 13.7 Å². The summed E-state index contributed by atoms with van der Waals surface area (Å²) in [6.45, 7) is 6.31. The molecule has 30 heavy (non-hydrogen) atoms. The van der Waals surface area contributed by atoms with Crippen LogP contribution >= 0.6 is 15.9 Å². The van der Waals surface area contributed by atoms with Gasteiger partial charge in [-0.05, 0) is 56.6 Å². The first kappa shape index (κ1) is 21.8. The SMILES string of the molecule is COc1ccc(/C=N/NC(=O)COc2ccc(C(C)(C)C)cc2Br)c2ccccc12. The molecule has 3 aromatic rings. The van der Waals surface area contributed by atoms with E-state index in [1.807, 2.05) is 54.6 Å². The molecule has 0 bridgehead atoms. The summed E-state index contributed by atoms with van der Waals surface area (Å²) in [7, 11) is 1.64. The van der Waals surface area contributed by atoms with Crippen LogP contribution in [0.3, 0.4) is 0 Å². The molecule has 0 saturated heterocycles. The number of hydrogen-bond acceptors (Lipinski definition) is 4. The molecule has 6 heteroatoms. The Labute approximate surface area is 185 Å². The maximum absolute atomic E-state index is 12.1. The topological polar surface area (TPSA) is 59.9 Å². The first-order valence-corrected chi connectivity index (χ1v) is 10.4. The number of methoxy groups -OCH3 is 1. The van der Waals surface area contributed by atoms with Crippen LogP contribution in [-0.4, -0.2) is 25.8 Å². The minimum atomic E-state index is -0.337. The summed E-state index contributed by atoms with van der Waals surface area (Å²) < 4.78 is 11.8. The number of benzene rings is 3. The molecule has 1 amide bonds. The lowest BCUT2D eigenvalue weighted by molar-refractivity contribution is -0.123. The minimum absolute atomic E-state index is 0.0404. The van der Waals surface area contributed by atoms with E-state index >= 15 is 0 Å². The van der Waals surface area contributed by atoms with Crippen molar-refractivity contribution in [2.45, 2.75) is 26.2 Å². The highest BCUT2D eigenvalue weighted by molar-refractivity contribution is 9.10. The number of fused-ring (bicyclic) bond motifs is 1. The lowest BCUT2D eigenvalue weighted by Gasteiger charge is -2.20. The molecule has 0 saturated carbocycles. The standard InChI is InChI=1S/C24H25BrN2O3/c1-24(2,3)17-10-12-22(20(25)13-17)30-15-23(28)27-26-14-16-9-11-21(29-4)19-8-6-5-7-18(16)19/h5-14H,15H2,1-4H3,(H,27,28)/b26-14+. The Morgan fingerprint density at radius 3 is 2.43 bits per heavy atom. The van der Waals surface area contributed by atoms with Gasteiger partial charge in [-0.1, -0.05) is 51.1 Å². The number of nitrogens with one attached hydrogen (secondary N) is 1. The molecule has 0 aliphatic rings. The predicted molar refractivity (Wildman–Crippen MR) is 125 cm³/mol. The molecule has 0 heterocycles. The number of amides is 1. The van der Waals surface area contributed by atoms with E-state index in [9.17, 15) is 4.79 Å². The quantitative estimate of drug-likeness (QED) is 0.387. The van der Waals surface area contributed by atoms with Crippen LogP contribution < -0.4 is 14.9 Å². The van der Waals surface area contributed by atoms with Crippen LogP contribution in [0, 0.1) is 0 Å². The van der Waals surface area contributed by atoms with Crippen LogP contribution in [0.2, 0.25) is 0 Å². The van der Waals surface area contributed by atoms with Crippen molar-refractivity contribution in [3.05, 3.63) is 70.2 Å². The van der Waals surface area contributed by atoms with Gasteiger partial charge < -0.3 is 9.47 Å². The lowest BCUT2D eigenvalue weighted by Crippen LogP contribution is -2.24. The summed E-state index contributed by atoms with van der Waals surface area (Å²) in [5.41, 5.74) is 4.61. The van der Waals surface area contributed by atoms with Gasteiger partial charge in [0.05, 0.1) is 17.8 Å². The lowest BCUT2D eigenvalue weighted by atomic mass is 9.87. The average Bonchev–Trinajstić information content (AvgIpc) is 2.72. The Kier molecular flexibility index (Phi) is 6.77. The van der Waals surface area contributed by atoms with E-state index in [4.69, 9.17) is 9.47 Å². The molecule has 0 atom stereocenters. The van der Waals surface area contributed by atoms with Crippen LogP contribution in [0.5, 0.6) is 11.5 Å². The number of halogens is 1. The maximum Gasteiger partial charge on any atom is 0.277 e. The Bertz CT molecular complexity index is 1090. The van der Waals surface area contributed by atoms with Crippen LogP contribution in [0.15, 0.2) is 64.2 Å². The molecule has 1 N–H and O–H groups in total. The van der Waals surface area contributed by atoms with E-state index in [0.717, 1.165) is 26.6 Å². The van der Waals surface area contributed by atoms with Crippen LogP contribution in [-0.2, 0) is 10.2 Å². The number of carbonyl (C=O) groups is 1. The molecule has 0 unspecified atom stereocenters. The molecular formula is C24H25BrN2O3. The summed E-state index contributed by atoms with van der Waals surface area (Å²) in [6.07, 6.45) is 1.62. The second-order valence-electron chi connectivity index (χ2n) is 7.88. The number of carbonyl (C=O) groups excluding carboxylic acids is 1. The van der Waals surface area contributed by atoms with Crippen LogP contribution in [0.1, 0.15) is 31.9 Å². The minimum Gasteiger partial charge on any atom is -0.496 e. The zero-order chi connectivity index (χ0) is 21.7. The molecular weight excluding hydrogens is 444 g/mol. The molecule has 3 aromatic carbocycles. The maximum atomic E-state index is 12.1. The van der Waals surface area contributed by atoms with Crippen LogP contribution in [0.4, 0.5) is 0 Å². The molecule has 0 spiro atoms. The highest BCUT2D eigenvalue weighted by atomic mass is 79.9. The third-order valence-electron chi connectivity index (χ3n) is 4.69. The van der Waals surface area contributed by atoms with E-state index < -0.39 is 0 Å². The second kappa shape index (κ2) is 9.30. The summed E-state index contributed by atoms with van der Waals surface area (Å²) in [4.78, 5) is 12.1. The van der Waals surface area contributed by atoms with Gasteiger partial charge in [-0.3, -0.25) is 4.79 Å². The van der Waals surface area contributed by atoms with Crippen LogP contribution in [0.25, 0.3) is 10.8 Å². The highest BCUT2D eigenvalue weighted by Crippen LogP contribution is 2.31. The zero-order valence-corrected chi connectivity index (χ0v) is 19.1. The third kappa shape index (κ3) is 5.19. The number of rotatable bonds is 6. The van der Waals surface area contributed by atoms with Gasteiger partial charge in [0, 0.05) is 10.9 Å². The number of nitrogens with zero attached hydrogens (tertiary/aromatic N) is 1. The Morgan fingerprint density at radius 1 is 1.07 bits per heavy atom. The van der Waals surface area contributed by atoms with E-state index in [-0.39, 0.29) is 17.9 Å². The largest absolute Gasteiger partial charge is 0.496 e. The molecule has 5 nitrogen and oxygen atoms in total. The molecule has 0 fully saturated rings. The van der Waals surface area contributed by atoms with E-state index in [0.29, 0.717) is 5.75 Å². The van der Waals surface area contributed by atoms with Crippen molar-refractivity contribution in [1.82, 2.24) is 5.43 Å². The molecule has 0 aromatic heterocycles. The van der Waals surface area contributed by atoms with E-state index in [2.05, 4.69) is 47.2 Å². The Hall–Kier alpha value is -2.86. The molecule has 0 radical (unpaired) electrons. The smallest absolute Gasteiger partial charge is 0.277 e. The normalized spacial score (nSPS) is 11.6. The molecule has 156 valence electrons. The number of hydrazone groups is 1. The monoisotopic (exact) mass is 468 g/mol. The number of ether oxygens (including phenoxy) is 2. The first-order chi connectivity index (χ1) is 14.3. The van der Waals surface area contributed by atoms with Crippen molar-refractivity contribution in [2.24, 2.45) is 5.10 Å². The van der Waals surface area contributed by atoms with E-state index in [1.54, 1.807) is 13.3 Å². The summed E-state index contributed by atoms with van der Waals surface area (Å²) >= 11 is 3.51. The Balaban J connectivity index is 1.62. The number of hydrogen-bond donors (Lipinski definition) is 1. The van der Waals surface area contributed by atoms with Gasteiger partial charge in [-0.25, -0.2) is 5.43 Å². The van der Waals surface area contributed by atoms with Gasteiger partial charge in [0.15, 0.2) is 6.61 Å².